The summed E-state index contributed by atoms with van der Waals surface area (Å²) in [5.74, 6) is -1.12. The molecule has 0 fully saturated rings. The summed E-state index contributed by atoms with van der Waals surface area (Å²) in [5.41, 5.74) is -0.0597. The zero-order valence-electron chi connectivity index (χ0n) is 14.0. The van der Waals surface area contributed by atoms with Gasteiger partial charge in [-0.3, -0.25) is 9.47 Å². The standard InChI is InChI=1S/C17H17F2N5OS/c1-2-5-15-21-22-17(24(15)23-8-3-4-9-23)26-11-16(25)20-14-7-6-12(18)10-13(14)19/h3-4,6-10H,2,5,11H2,1H3,(H,20,25). The van der Waals surface area contributed by atoms with E-state index in [2.05, 4.69) is 15.5 Å². The number of halogens is 2. The molecule has 0 saturated heterocycles. The van der Waals surface area contributed by atoms with Crippen LogP contribution in [0.25, 0.3) is 0 Å². The van der Waals surface area contributed by atoms with Gasteiger partial charge in [0.1, 0.15) is 11.6 Å². The Labute approximate surface area is 153 Å². The third-order valence-electron chi connectivity index (χ3n) is 3.51. The Bertz CT molecular complexity index is 895. The molecule has 3 aromatic rings. The number of thioether (sulfide) groups is 1. The van der Waals surface area contributed by atoms with Gasteiger partial charge in [0.25, 0.3) is 0 Å². The lowest BCUT2D eigenvalue weighted by molar-refractivity contribution is -0.113. The smallest absolute Gasteiger partial charge is 0.234 e. The van der Waals surface area contributed by atoms with Gasteiger partial charge in [0.05, 0.1) is 11.4 Å². The molecule has 0 saturated carbocycles. The van der Waals surface area contributed by atoms with Crippen LogP contribution in [-0.2, 0) is 11.2 Å². The van der Waals surface area contributed by atoms with Crippen molar-refractivity contribution in [2.75, 3.05) is 11.1 Å². The monoisotopic (exact) mass is 377 g/mol. The summed E-state index contributed by atoms with van der Waals surface area (Å²) in [4.78, 5) is 12.1. The molecule has 0 bridgehead atoms. The lowest BCUT2D eigenvalue weighted by Gasteiger charge is -2.11. The maximum atomic E-state index is 13.6. The molecule has 0 radical (unpaired) electrons. The number of aryl methyl sites for hydroxylation is 1. The van der Waals surface area contributed by atoms with E-state index >= 15 is 0 Å². The van der Waals surface area contributed by atoms with E-state index in [0.717, 1.165) is 30.8 Å². The predicted molar refractivity (Wildman–Crippen MR) is 95.0 cm³/mol. The Kier molecular flexibility index (Phi) is 5.67. The molecule has 1 N–H and O–H groups in total. The second-order valence-electron chi connectivity index (χ2n) is 5.48. The van der Waals surface area contributed by atoms with Gasteiger partial charge in [0.15, 0.2) is 5.82 Å². The summed E-state index contributed by atoms with van der Waals surface area (Å²) in [6.45, 7) is 2.05. The van der Waals surface area contributed by atoms with E-state index in [1.54, 1.807) is 0 Å². The number of aromatic nitrogens is 4. The third kappa shape index (κ3) is 4.10. The van der Waals surface area contributed by atoms with Crippen molar-refractivity contribution in [2.24, 2.45) is 0 Å². The van der Waals surface area contributed by atoms with E-state index in [4.69, 9.17) is 0 Å². The van der Waals surface area contributed by atoms with Crippen molar-refractivity contribution >= 4 is 23.4 Å². The number of benzene rings is 1. The minimum Gasteiger partial charge on any atom is -0.323 e. The fourth-order valence-corrected chi connectivity index (χ4v) is 3.12. The lowest BCUT2D eigenvalue weighted by atomic mass is 10.3. The van der Waals surface area contributed by atoms with Crippen molar-refractivity contribution in [3.05, 3.63) is 60.2 Å². The van der Waals surface area contributed by atoms with Crippen molar-refractivity contribution in [2.45, 2.75) is 24.9 Å². The third-order valence-corrected chi connectivity index (χ3v) is 4.43. The molecule has 0 aliphatic rings. The largest absolute Gasteiger partial charge is 0.323 e. The molecule has 0 spiro atoms. The number of carbonyl (C=O) groups is 1. The van der Waals surface area contributed by atoms with Crippen LogP contribution in [0.15, 0.2) is 47.9 Å². The first-order chi connectivity index (χ1) is 12.6. The molecule has 9 heteroatoms. The highest BCUT2D eigenvalue weighted by Crippen LogP contribution is 2.20. The number of hydrogen-bond acceptors (Lipinski definition) is 4. The van der Waals surface area contributed by atoms with E-state index in [1.807, 2.05) is 40.8 Å². The number of nitrogens with zero attached hydrogens (tertiary/aromatic N) is 4. The van der Waals surface area contributed by atoms with Crippen LogP contribution in [0.3, 0.4) is 0 Å². The topological polar surface area (TPSA) is 64.7 Å². The Morgan fingerprint density at radius 1 is 1.23 bits per heavy atom. The van der Waals surface area contributed by atoms with Crippen molar-refractivity contribution in [3.63, 3.8) is 0 Å². The minimum absolute atomic E-state index is 0.0162. The molecule has 26 heavy (non-hydrogen) atoms. The molecule has 2 aromatic heterocycles. The number of anilines is 1. The number of nitrogens with one attached hydrogen (secondary N) is 1. The normalized spacial score (nSPS) is 10.9. The molecular weight excluding hydrogens is 360 g/mol. The van der Waals surface area contributed by atoms with Crippen molar-refractivity contribution in [3.8, 4) is 0 Å². The molecule has 1 aromatic carbocycles. The average molecular weight is 377 g/mol. The summed E-state index contributed by atoms with van der Waals surface area (Å²) >= 11 is 1.19. The molecule has 0 aliphatic heterocycles. The van der Waals surface area contributed by atoms with E-state index < -0.39 is 17.5 Å². The van der Waals surface area contributed by atoms with Crippen LogP contribution in [0.2, 0.25) is 0 Å². The molecule has 6 nitrogen and oxygen atoms in total. The Morgan fingerprint density at radius 3 is 2.69 bits per heavy atom. The highest BCUT2D eigenvalue weighted by atomic mass is 32.2. The first kappa shape index (κ1) is 18.1. The van der Waals surface area contributed by atoms with E-state index in [-0.39, 0.29) is 11.4 Å². The Morgan fingerprint density at radius 2 is 2.00 bits per heavy atom. The highest BCUT2D eigenvalue weighted by Gasteiger charge is 2.15. The zero-order chi connectivity index (χ0) is 18.5. The minimum atomic E-state index is -0.816. The molecule has 136 valence electrons. The summed E-state index contributed by atoms with van der Waals surface area (Å²) in [6, 6.07) is 6.77. The summed E-state index contributed by atoms with van der Waals surface area (Å²) in [7, 11) is 0. The van der Waals surface area contributed by atoms with Crippen molar-refractivity contribution in [1.82, 2.24) is 19.5 Å². The number of carbonyl (C=O) groups excluding carboxylic acids is 1. The van der Waals surface area contributed by atoms with E-state index in [0.29, 0.717) is 5.16 Å². The molecule has 0 aliphatic carbocycles. The van der Waals surface area contributed by atoms with Gasteiger partial charge in [-0.05, 0) is 30.7 Å². The van der Waals surface area contributed by atoms with Gasteiger partial charge in [-0.2, -0.15) is 0 Å². The van der Waals surface area contributed by atoms with Crippen LogP contribution < -0.4 is 5.32 Å². The first-order valence-corrected chi connectivity index (χ1v) is 9.02. The Balaban J connectivity index is 1.70. The molecule has 1 amide bonds. The van der Waals surface area contributed by atoms with Crippen LogP contribution in [0.4, 0.5) is 14.5 Å². The fraction of sp³-hybridized carbons (Fsp3) is 0.235. The Hall–Kier alpha value is -2.68. The maximum absolute atomic E-state index is 13.6. The van der Waals surface area contributed by atoms with Gasteiger partial charge >= 0.3 is 0 Å². The lowest BCUT2D eigenvalue weighted by Crippen LogP contribution is -2.17. The van der Waals surface area contributed by atoms with Crippen LogP contribution in [0.1, 0.15) is 19.2 Å². The van der Waals surface area contributed by atoms with Crippen LogP contribution in [0, 0.1) is 11.6 Å². The quantitative estimate of drug-likeness (QED) is 0.642. The zero-order valence-corrected chi connectivity index (χ0v) is 14.8. The SMILES string of the molecule is CCCc1nnc(SCC(=O)Nc2ccc(F)cc2F)n1-n1cccc1. The van der Waals surface area contributed by atoms with Gasteiger partial charge in [-0.25, -0.2) is 13.5 Å². The van der Waals surface area contributed by atoms with Gasteiger partial charge in [-0.15, -0.1) is 10.2 Å². The fourth-order valence-electron chi connectivity index (χ4n) is 2.36. The maximum Gasteiger partial charge on any atom is 0.234 e. The molecular formula is C17H17F2N5OS. The van der Waals surface area contributed by atoms with Crippen molar-refractivity contribution in [1.29, 1.82) is 0 Å². The second kappa shape index (κ2) is 8.13. The molecule has 0 atom stereocenters. The molecule has 2 heterocycles. The van der Waals surface area contributed by atoms with E-state index in [1.165, 1.54) is 17.8 Å². The van der Waals surface area contributed by atoms with Gasteiger partial charge in [0.2, 0.25) is 11.1 Å². The number of rotatable bonds is 7. The number of amides is 1. The summed E-state index contributed by atoms with van der Waals surface area (Å²) in [5, 5.41) is 11.3. The highest BCUT2D eigenvalue weighted by molar-refractivity contribution is 7.99. The van der Waals surface area contributed by atoms with Gasteiger partial charge < -0.3 is 5.32 Å². The van der Waals surface area contributed by atoms with Crippen LogP contribution in [0.5, 0.6) is 0 Å². The average Bonchev–Trinajstić information content (AvgIpc) is 3.25. The van der Waals surface area contributed by atoms with Crippen molar-refractivity contribution < 1.29 is 13.6 Å². The van der Waals surface area contributed by atoms with Gasteiger partial charge in [0, 0.05) is 24.9 Å². The summed E-state index contributed by atoms with van der Waals surface area (Å²) < 4.78 is 30.2. The summed E-state index contributed by atoms with van der Waals surface area (Å²) in [6.07, 6.45) is 5.38. The predicted octanol–water partition coefficient (Wildman–Crippen LogP) is 3.35. The molecule has 3 rings (SSSR count). The van der Waals surface area contributed by atoms with Crippen LogP contribution in [-0.4, -0.2) is 31.2 Å². The number of hydrogen-bond donors (Lipinski definition) is 1. The van der Waals surface area contributed by atoms with E-state index in [9.17, 15) is 13.6 Å². The van der Waals surface area contributed by atoms with Crippen LogP contribution >= 0.6 is 11.8 Å². The molecule has 0 unspecified atom stereocenters. The van der Waals surface area contributed by atoms with Gasteiger partial charge in [-0.1, -0.05) is 18.7 Å². The second-order valence-corrected chi connectivity index (χ2v) is 6.43. The first-order valence-electron chi connectivity index (χ1n) is 8.04.